The topological polar surface area (TPSA) is 76.8 Å². The minimum absolute atomic E-state index is 0.253. The molecule has 0 saturated heterocycles. The van der Waals surface area contributed by atoms with E-state index in [1.165, 1.54) is 12.8 Å². The molecule has 27 heavy (non-hydrogen) atoms. The van der Waals surface area contributed by atoms with Gasteiger partial charge in [0.15, 0.2) is 18.1 Å². The number of halogens is 1. The van der Waals surface area contributed by atoms with Crippen molar-refractivity contribution in [2.75, 3.05) is 32.2 Å². The van der Waals surface area contributed by atoms with Crippen LogP contribution in [0.1, 0.15) is 12.5 Å². The van der Waals surface area contributed by atoms with E-state index in [4.69, 9.17) is 26.8 Å². The highest BCUT2D eigenvalue weighted by molar-refractivity contribution is 6.32. The minimum atomic E-state index is -0.574. The number of benzene rings is 2. The molecule has 3 N–H and O–H groups in total. The van der Waals surface area contributed by atoms with Crippen molar-refractivity contribution in [3.8, 4) is 11.5 Å². The van der Waals surface area contributed by atoms with Gasteiger partial charge in [0.25, 0.3) is 5.91 Å². The molecule has 7 heteroatoms. The summed E-state index contributed by atoms with van der Waals surface area (Å²) < 4.78 is 10.7. The van der Waals surface area contributed by atoms with Crippen LogP contribution in [0.25, 0.3) is 0 Å². The number of para-hydroxylation sites is 1. The second-order valence-corrected chi connectivity index (χ2v) is 6.70. The Bertz CT molecular complexity index is 756. The molecule has 0 spiro atoms. The predicted molar refractivity (Wildman–Crippen MR) is 109 cm³/mol. The first-order valence-corrected chi connectivity index (χ1v) is 9.06. The average Bonchev–Trinajstić information content (AvgIpc) is 2.66. The molecular formula is C20H26ClN3O3. The number of hydrogen-bond acceptors (Lipinski definition) is 5. The number of hydrogen-bond donors (Lipinski definition) is 2. The van der Waals surface area contributed by atoms with E-state index in [9.17, 15) is 4.79 Å². The molecule has 0 aromatic heterocycles. The predicted octanol–water partition coefficient (Wildman–Crippen LogP) is 2.83. The molecule has 0 aliphatic rings. The molecular weight excluding hydrogens is 366 g/mol. The fraction of sp³-hybridized carbons (Fsp3) is 0.350. The summed E-state index contributed by atoms with van der Waals surface area (Å²) in [7, 11) is 3.60. The highest BCUT2D eigenvalue weighted by Gasteiger charge is 2.14. The number of carbonyl (C=O) groups excluding carboxylic acids is 1. The van der Waals surface area contributed by atoms with Gasteiger partial charge in [0, 0.05) is 31.9 Å². The Kier molecular flexibility index (Phi) is 7.76. The van der Waals surface area contributed by atoms with E-state index < -0.39 is 5.91 Å². The van der Waals surface area contributed by atoms with Crippen LogP contribution < -0.4 is 25.4 Å². The summed E-state index contributed by atoms with van der Waals surface area (Å²) in [6.45, 7) is 3.33. The van der Waals surface area contributed by atoms with E-state index in [1.54, 1.807) is 6.07 Å². The van der Waals surface area contributed by atoms with E-state index in [-0.39, 0.29) is 6.61 Å². The SMILES string of the molecule is COc1cc(CNCC(C)N(C)c2ccccc2)cc(Cl)c1OCC(N)=O. The number of nitrogens with one attached hydrogen (secondary N) is 1. The van der Waals surface area contributed by atoms with Gasteiger partial charge in [-0.1, -0.05) is 29.8 Å². The summed E-state index contributed by atoms with van der Waals surface area (Å²) in [5.74, 6) is 0.212. The molecule has 0 fully saturated rings. The summed E-state index contributed by atoms with van der Waals surface area (Å²) in [4.78, 5) is 13.1. The Morgan fingerprint density at radius 2 is 2.00 bits per heavy atom. The number of anilines is 1. The lowest BCUT2D eigenvalue weighted by Crippen LogP contribution is -2.37. The quantitative estimate of drug-likeness (QED) is 0.651. The number of amides is 1. The van der Waals surface area contributed by atoms with Crippen molar-refractivity contribution in [2.24, 2.45) is 5.73 Å². The Morgan fingerprint density at radius 3 is 2.63 bits per heavy atom. The molecule has 0 aliphatic heterocycles. The van der Waals surface area contributed by atoms with E-state index in [1.807, 2.05) is 24.3 Å². The second-order valence-electron chi connectivity index (χ2n) is 6.29. The van der Waals surface area contributed by atoms with Crippen molar-refractivity contribution >= 4 is 23.2 Å². The van der Waals surface area contributed by atoms with Crippen LogP contribution in [0.15, 0.2) is 42.5 Å². The number of rotatable bonds is 10. The zero-order valence-electron chi connectivity index (χ0n) is 15.9. The van der Waals surface area contributed by atoms with Gasteiger partial charge >= 0.3 is 0 Å². The largest absolute Gasteiger partial charge is 0.493 e. The lowest BCUT2D eigenvalue weighted by molar-refractivity contribution is -0.119. The van der Waals surface area contributed by atoms with Crippen LogP contribution in [0.3, 0.4) is 0 Å². The van der Waals surface area contributed by atoms with Crippen molar-refractivity contribution in [3.05, 3.63) is 53.1 Å². The number of primary amides is 1. The van der Waals surface area contributed by atoms with Gasteiger partial charge in [0.05, 0.1) is 12.1 Å². The maximum atomic E-state index is 10.9. The van der Waals surface area contributed by atoms with Crippen molar-refractivity contribution in [1.29, 1.82) is 0 Å². The smallest absolute Gasteiger partial charge is 0.255 e. The summed E-state index contributed by atoms with van der Waals surface area (Å²) >= 11 is 6.28. The first-order chi connectivity index (χ1) is 12.9. The molecule has 146 valence electrons. The number of ether oxygens (including phenoxy) is 2. The normalized spacial score (nSPS) is 11.7. The Labute approximate surface area is 165 Å². The van der Waals surface area contributed by atoms with Crippen molar-refractivity contribution in [1.82, 2.24) is 5.32 Å². The van der Waals surface area contributed by atoms with Gasteiger partial charge in [-0.15, -0.1) is 0 Å². The molecule has 1 unspecified atom stereocenters. The molecule has 0 aliphatic carbocycles. The van der Waals surface area contributed by atoms with Crippen LogP contribution in [0.4, 0.5) is 5.69 Å². The fourth-order valence-electron chi connectivity index (χ4n) is 2.64. The van der Waals surface area contributed by atoms with Crippen LogP contribution >= 0.6 is 11.6 Å². The monoisotopic (exact) mass is 391 g/mol. The average molecular weight is 392 g/mol. The maximum absolute atomic E-state index is 10.9. The molecule has 0 heterocycles. The third-order valence-corrected chi connectivity index (χ3v) is 4.52. The molecule has 2 aromatic rings. The van der Waals surface area contributed by atoms with Gasteiger partial charge in [0.2, 0.25) is 0 Å². The zero-order valence-corrected chi connectivity index (χ0v) is 16.6. The molecule has 6 nitrogen and oxygen atoms in total. The number of likely N-dealkylation sites (N-methyl/N-ethyl adjacent to an activating group) is 1. The summed E-state index contributed by atoms with van der Waals surface area (Å²) in [6, 6.07) is 14.2. The first-order valence-electron chi connectivity index (χ1n) is 8.68. The van der Waals surface area contributed by atoms with Gasteiger partial charge in [-0.25, -0.2) is 0 Å². The number of carbonyl (C=O) groups is 1. The molecule has 2 aromatic carbocycles. The first kappa shape index (κ1) is 20.9. The van der Waals surface area contributed by atoms with Crippen molar-refractivity contribution < 1.29 is 14.3 Å². The van der Waals surface area contributed by atoms with Crippen molar-refractivity contribution in [2.45, 2.75) is 19.5 Å². The lowest BCUT2D eigenvalue weighted by Gasteiger charge is -2.27. The molecule has 1 atom stereocenters. The summed E-state index contributed by atoms with van der Waals surface area (Å²) in [6.07, 6.45) is 0. The van der Waals surface area contributed by atoms with Crippen LogP contribution in [0, 0.1) is 0 Å². The van der Waals surface area contributed by atoms with Gasteiger partial charge in [0.1, 0.15) is 0 Å². The molecule has 2 rings (SSSR count). The van der Waals surface area contributed by atoms with Crippen LogP contribution in [-0.2, 0) is 11.3 Å². The molecule has 0 radical (unpaired) electrons. The standard InChI is InChI=1S/C20H26ClN3O3/c1-14(24(2)16-7-5-4-6-8-16)11-23-12-15-9-17(21)20(18(10-15)26-3)27-13-19(22)25/h4-10,14,23H,11-13H2,1-3H3,(H2,22,25). The van der Waals surface area contributed by atoms with Gasteiger partial charge in [-0.2, -0.15) is 0 Å². The lowest BCUT2D eigenvalue weighted by atomic mass is 10.2. The van der Waals surface area contributed by atoms with Crippen LogP contribution in [0.2, 0.25) is 5.02 Å². The van der Waals surface area contributed by atoms with Crippen molar-refractivity contribution in [3.63, 3.8) is 0 Å². The third-order valence-electron chi connectivity index (χ3n) is 4.24. The Hall–Kier alpha value is -2.44. The van der Waals surface area contributed by atoms with Gasteiger partial charge in [-0.05, 0) is 36.8 Å². The molecule has 0 bridgehead atoms. The summed E-state index contributed by atoms with van der Waals surface area (Å²) in [5.41, 5.74) is 7.24. The minimum Gasteiger partial charge on any atom is -0.493 e. The number of nitrogens with two attached hydrogens (primary N) is 1. The summed E-state index contributed by atoms with van der Waals surface area (Å²) in [5, 5.41) is 3.81. The highest BCUT2D eigenvalue weighted by Crippen LogP contribution is 2.36. The Morgan fingerprint density at radius 1 is 1.30 bits per heavy atom. The number of nitrogens with zero attached hydrogens (tertiary/aromatic N) is 1. The Balaban J connectivity index is 1.95. The highest BCUT2D eigenvalue weighted by atomic mass is 35.5. The second kappa shape index (κ2) is 10.0. The van der Waals surface area contributed by atoms with Gasteiger partial charge < -0.3 is 25.4 Å². The van der Waals surface area contributed by atoms with E-state index in [0.717, 1.165) is 12.1 Å². The maximum Gasteiger partial charge on any atom is 0.255 e. The third kappa shape index (κ3) is 6.05. The van der Waals surface area contributed by atoms with Gasteiger partial charge in [-0.3, -0.25) is 4.79 Å². The van der Waals surface area contributed by atoms with E-state index in [0.29, 0.717) is 29.1 Å². The van der Waals surface area contributed by atoms with Crippen LogP contribution in [0.5, 0.6) is 11.5 Å². The van der Waals surface area contributed by atoms with E-state index in [2.05, 4.69) is 36.3 Å². The van der Waals surface area contributed by atoms with E-state index >= 15 is 0 Å². The fourth-order valence-corrected chi connectivity index (χ4v) is 2.93. The molecule has 0 saturated carbocycles. The van der Waals surface area contributed by atoms with Crippen LogP contribution in [-0.4, -0.2) is 39.3 Å². The number of methoxy groups -OCH3 is 1. The zero-order chi connectivity index (χ0) is 19.8. The molecule has 1 amide bonds.